The Kier molecular flexibility index (Phi) is 944. The number of nitrogens with zero attached hydrogens (tertiary/aromatic N) is 1. The van der Waals surface area contributed by atoms with Crippen LogP contribution in [0.15, 0.2) is 11.4 Å². The van der Waals surface area contributed by atoms with Gasteiger partial charge in [-0.25, -0.2) is 0 Å². The van der Waals surface area contributed by atoms with Crippen LogP contribution in [0.25, 0.3) is 0 Å². The molecule has 1 aliphatic heterocycles. The first kappa shape index (κ1) is 217. The zero-order valence-electron chi connectivity index (χ0n) is 26.2. The molecule has 6 N–H and O–H groups in total. The zero-order valence-corrected chi connectivity index (χ0v) is 125. The zero-order chi connectivity index (χ0) is 28.7. The molecule has 0 aliphatic carbocycles. The van der Waals surface area contributed by atoms with Gasteiger partial charge in [0.25, 0.3) is 0 Å². The maximum atomic E-state index is 8.68. The first-order valence-corrected chi connectivity index (χ1v) is 55.4. The molecule has 1 aliphatic rings. The van der Waals surface area contributed by atoms with Crippen LogP contribution in [0.5, 0.6) is 0 Å². The van der Waals surface area contributed by atoms with Gasteiger partial charge in [0.2, 0.25) is 0 Å². The number of hydrogen-bond acceptors (Lipinski definition) is 8. The minimum atomic E-state index is -0.826. The summed E-state index contributed by atoms with van der Waals surface area (Å²) < 4.78 is 8.85. The Hall–Kier alpha value is 22.9. The normalized spacial score (nSPS) is 4.51. The monoisotopic (exact) mass is 6210 g/mol. The number of hydrazine groups is 1. The van der Waals surface area contributed by atoms with E-state index in [9.17, 15) is 0 Å². The molecular formula is C13H25Cl2N5NaO3SnW30Y2-. The molecule has 0 saturated heterocycles. The summed E-state index contributed by atoms with van der Waals surface area (Å²) in [6.45, 7) is 1.32. The summed E-state index contributed by atoms with van der Waals surface area (Å²) >= 11 is 17.8. The van der Waals surface area contributed by atoms with Crippen molar-refractivity contribution in [2.24, 2.45) is 16.9 Å². The van der Waals surface area contributed by atoms with E-state index in [1.54, 1.807) is 97.3 Å². The minimum Gasteiger partial charge on any atom is 0 e. The van der Waals surface area contributed by atoms with Crippen LogP contribution >= 0.6 is 17.8 Å². The number of nitrogens with one attached hydrogen (secondary N) is 2. The van der Waals surface area contributed by atoms with E-state index in [1.807, 2.05) is 14.9 Å². The minimum absolute atomic E-state index is 0. The molecule has 0 aromatic rings. The molecule has 0 aromatic heterocycles. The van der Waals surface area contributed by atoms with Gasteiger partial charge < -0.3 is 14.9 Å². The average molecular weight is 6200 g/mol. The fourth-order valence-corrected chi connectivity index (χ4v) is 1.39. The fraction of sp³-hybridized carbons (Fsp3) is 0.308. The molecule has 0 bridgehead atoms. The molecule has 57 heavy (non-hydrogen) atoms. The Morgan fingerprint density at radius 2 is 0.930 bits per heavy atom. The van der Waals surface area contributed by atoms with Crippen LogP contribution in [-0.4, -0.2) is 49.9 Å². The predicted octanol–water partition coefficient (Wildman–Crippen LogP) is -2.93. The third-order valence-electron chi connectivity index (χ3n) is 0.978. The summed E-state index contributed by atoms with van der Waals surface area (Å²) in [6.07, 6.45) is 6.41. The molecule has 0 saturated carbocycles. The van der Waals surface area contributed by atoms with E-state index in [4.69, 9.17) is 44.3 Å². The number of carbonyl (C=O) groups excluding carboxylic acids is 1. The van der Waals surface area contributed by atoms with E-state index < -0.39 is 18.9 Å². The van der Waals surface area contributed by atoms with Gasteiger partial charge in [-0.05, 0) is 0 Å². The molecule has 1 rings (SSSR count). The van der Waals surface area contributed by atoms with E-state index in [1.165, 1.54) is 137 Å². The molecule has 8 nitrogen and oxygen atoms in total. The van der Waals surface area contributed by atoms with E-state index in [-0.39, 0.29) is 498 Å². The molecule has 44 heteroatoms. The smallest absolute Gasteiger partial charge is 0 e. The molecule has 326 valence electrons. The van der Waals surface area contributed by atoms with Gasteiger partial charge in [-0.3, -0.25) is 6.29 Å². The van der Waals surface area contributed by atoms with Crippen molar-refractivity contribution in [3.05, 3.63) is 22.4 Å². The van der Waals surface area contributed by atoms with Crippen molar-refractivity contribution >= 4 is 67.8 Å². The summed E-state index contributed by atoms with van der Waals surface area (Å²) in [6, 6.07) is 0. The van der Waals surface area contributed by atoms with Crippen molar-refractivity contribution in [2.45, 2.75) is 29.2 Å². The van der Waals surface area contributed by atoms with E-state index >= 15 is 0 Å². The summed E-state index contributed by atoms with van der Waals surface area (Å²) in [4.78, 5) is 16.7. The van der Waals surface area contributed by atoms with Gasteiger partial charge in [-0.2, -0.15) is 6.92 Å². The van der Waals surface area contributed by atoms with Crippen molar-refractivity contribution in [3.8, 4) is 0 Å². The molecule has 1 heterocycles. The van der Waals surface area contributed by atoms with Gasteiger partial charge in [0.15, 0.2) is 0 Å². The number of halogens is 2. The van der Waals surface area contributed by atoms with Crippen molar-refractivity contribution in [3.63, 3.8) is 0 Å². The van der Waals surface area contributed by atoms with Crippen molar-refractivity contribution < 1.29 is 694 Å². The molecular weight excluding hydrogens is 6180 g/mol. The molecule has 0 fully saturated rings. The quantitative estimate of drug-likeness (QED) is 0.0780. The molecule has 0 spiro atoms. The number of hydrogen-bond donors (Lipinski definition) is 4. The van der Waals surface area contributed by atoms with Crippen molar-refractivity contribution in [1.82, 2.24) is 10.7 Å². The Bertz CT molecular complexity index is 607. The van der Waals surface area contributed by atoms with Gasteiger partial charge in [0, 0.05) is 445 Å². The summed E-state index contributed by atoms with van der Waals surface area (Å²) in [5, 5.41) is 12.0. The summed E-state index contributed by atoms with van der Waals surface area (Å²) in [5.41, 5.74) is 7.74. The Morgan fingerprint density at radius 1 is 0.772 bits per heavy atom. The number of nitrogens with two attached hydrogens (primary N) is 2. The van der Waals surface area contributed by atoms with E-state index in [0.717, 1.165) is 13.4 Å². The van der Waals surface area contributed by atoms with Crippen LogP contribution in [0.4, 0.5) is 0 Å². The molecule has 0 amide bonds. The van der Waals surface area contributed by atoms with Crippen LogP contribution in [-0.2, 0) is 663 Å². The number of rotatable bonds is 3. The van der Waals surface area contributed by atoms with Gasteiger partial charge in [-0.15, -0.1) is 5.34 Å². The SMILES string of the molecule is C.C.C.C[C-]=O.NN[C](=[W])[CH]=[W].N[C](=[W])[CH]=[W].O=N[O-].[Cl][Sn][Cl].[H+].[Na+].[W].[W].[W].[W].[W].[W].[W].[W].[W].[W].[W].[W].[W].[W].[W].[W].[W].[W].[W]=[C]1C=[C-]N[C]1=[W].[W]=[W].[W]=[W].[W]=[W].[Y].[Y]. The molecule has 0 aromatic carbocycles. The average Bonchev–Trinajstić information content (AvgIpc) is 3.22. The predicted molar refractivity (Wildman–Crippen MR) is 114 cm³/mol. The first-order chi connectivity index (χ1) is 15.6. The van der Waals surface area contributed by atoms with Crippen molar-refractivity contribution in [1.29, 1.82) is 0 Å². The second-order valence-corrected chi connectivity index (χ2v) is 14.9. The molecule has 0 unspecified atom stereocenters. The van der Waals surface area contributed by atoms with E-state index in [2.05, 4.69) is 16.9 Å². The van der Waals surface area contributed by atoms with Gasteiger partial charge in [-0.1, -0.05) is 22.3 Å². The third-order valence-corrected chi connectivity index (χ3v) is 13.0. The Labute approximate surface area is 816 Å². The molecule has 0 atom stereocenters. The van der Waals surface area contributed by atoms with Crippen molar-refractivity contribution in [2.75, 3.05) is 0 Å². The Morgan fingerprint density at radius 3 is 0.947 bits per heavy atom. The van der Waals surface area contributed by atoms with E-state index in [0.29, 0.717) is 0 Å². The Balaban J connectivity index is -0.00000000380. The van der Waals surface area contributed by atoms with Gasteiger partial charge >= 0.3 is 341 Å². The summed E-state index contributed by atoms with van der Waals surface area (Å²) in [7, 11) is 9.87. The molecule has 4 radical (unpaired) electrons. The van der Waals surface area contributed by atoms with Gasteiger partial charge in [0.1, 0.15) is 0 Å². The van der Waals surface area contributed by atoms with Gasteiger partial charge in [0.05, 0.1) is 0 Å². The van der Waals surface area contributed by atoms with Crippen LogP contribution in [0.3, 0.4) is 0 Å². The maximum Gasteiger partial charge on any atom is 0 e. The second kappa shape index (κ2) is 248. The third kappa shape index (κ3) is 308. The summed E-state index contributed by atoms with van der Waals surface area (Å²) in [5.74, 6) is 5.00. The van der Waals surface area contributed by atoms with Crippen LogP contribution < -0.4 is 51.9 Å². The largest absolute Gasteiger partial charge is 0 e. The maximum absolute atomic E-state index is 8.68. The van der Waals surface area contributed by atoms with Crippen LogP contribution in [0, 0.1) is 16.3 Å². The topological polar surface area (TPSA) is 146 Å². The van der Waals surface area contributed by atoms with Crippen LogP contribution in [0.1, 0.15) is 30.6 Å². The standard InChI is InChI=1S/C4H2N.C2H4N2.C2H3N.C2H3O.3CH4.2ClH.HNO2.Na.Sn.30W.2Y/c1-2-4-5-3-1;1-2-4-3;2*1-2-3;;;;;;2-1-3;;;;;;;;;;;;;;;;;;;;;;;;;;;;;;;;;;/h1,5H;1,4H,3H2;1H,3H2;1H3;3*1H4;2*1H;(H,2,3);;;;;;;;;;;;;;;;;;;;;;;;;;;;;;;;;;/q-1;;;-1;;;;;;;+1;+2;;;;;;;;;;;;;;;;;;;;;;;;;;;;;;;;/p-2. The first-order valence-electron chi connectivity index (χ1n) is 5.97. The van der Waals surface area contributed by atoms with Crippen LogP contribution in [0.2, 0.25) is 0 Å². The second-order valence-electron chi connectivity index (χ2n) is 2.60. The fourth-order valence-electron chi connectivity index (χ4n) is 0.328.